The second-order valence-corrected chi connectivity index (χ2v) is 4.93. The first-order chi connectivity index (χ1) is 9.67. The molecule has 2 rings (SSSR count). The van der Waals surface area contributed by atoms with Crippen molar-refractivity contribution in [2.24, 2.45) is 0 Å². The second kappa shape index (κ2) is 6.48. The van der Waals surface area contributed by atoms with Gasteiger partial charge in [-0.2, -0.15) is 0 Å². The number of rotatable bonds is 6. The Labute approximate surface area is 119 Å². The molecule has 0 radical (unpaired) electrons. The highest BCUT2D eigenvalue weighted by Crippen LogP contribution is 2.19. The first-order valence-electron chi connectivity index (χ1n) is 7.14. The summed E-state index contributed by atoms with van der Waals surface area (Å²) in [6.07, 6.45) is 1.42. The zero-order valence-electron chi connectivity index (χ0n) is 12.0. The van der Waals surface area contributed by atoms with Crippen LogP contribution in [0.4, 0.5) is 0 Å². The summed E-state index contributed by atoms with van der Waals surface area (Å²) >= 11 is 0. The number of quaternary nitrogens is 1. The summed E-state index contributed by atoms with van der Waals surface area (Å²) < 4.78 is 0. The van der Waals surface area contributed by atoms with E-state index in [9.17, 15) is 9.59 Å². The maximum atomic E-state index is 12.3. The van der Waals surface area contributed by atoms with Gasteiger partial charge in [0.05, 0.1) is 31.9 Å². The molecule has 4 heteroatoms. The van der Waals surface area contributed by atoms with E-state index in [4.69, 9.17) is 0 Å². The molecule has 0 fully saturated rings. The van der Waals surface area contributed by atoms with Crippen molar-refractivity contribution in [3.8, 4) is 0 Å². The summed E-state index contributed by atoms with van der Waals surface area (Å²) in [4.78, 5) is 25.7. The molecule has 0 saturated carbocycles. The molecule has 0 atom stereocenters. The van der Waals surface area contributed by atoms with E-state index in [1.165, 1.54) is 11.0 Å². The van der Waals surface area contributed by atoms with Gasteiger partial charge in [0, 0.05) is 17.2 Å². The maximum absolute atomic E-state index is 12.3. The number of allylic oxidation sites excluding steroid dienone is 2. The fraction of sp³-hybridized carbons (Fsp3) is 0.375. The molecule has 0 aliphatic heterocycles. The van der Waals surface area contributed by atoms with Crippen molar-refractivity contribution in [2.45, 2.75) is 13.8 Å². The number of carbonyl (C=O) groups excluding carboxylic acids is 2. The number of hydrogen-bond acceptors (Lipinski definition) is 3. The normalized spacial score (nSPS) is 14.2. The van der Waals surface area contributed by atoms with Crippen LogP contribution in [0.15, 0.2) is 36.0 Å². The van der Waals surface area contributed by atoms with Crippen LogP contribution >= 0.6 is 0 Å². The van der Waals surface area contributed by atoms with Gasteiger partial charge in [0.15, 0.2) is 5.78 Å². The van der Waals surface area contributed by atoms with Gasteiger partial charge in [-0.1, -0.05) is 24.3 Å². The predicted molar refractivity (Wildman–Crippen MR) is 78.1 cm³/mol. The highest BCUT2D eigenvalue weighted by Gasteiger charge is 2.24. The molecule has 0 bridgehead atoms. The molecule has 0 amide bonds. The zero-order valence-corrected chi connectivity index (χ0v) is 12.0. The van der Waals surface area contributed by atoms with E-state index >= 15 is 0 Å². The monoisotopic (exact) mass is 273 g/mol. The summed E-state index contributed by atoms with van der Waals surface area (Å²) in [5, 5.41) is 3.11. The molecule has 1 aromatic rings. The van der Waals surface area contributed by atoms with Crippen LogP contribution in [-0.4, -0.2) is 37.7 Å². The van der Waals surface area contributed by atoms with Gasteiger partial charge in [-0.3, -0.25) is 9.59 Å². The minimum atomic E-state index is -0.0992. The van der Waals surface area contributed by atoms with Crippen LogP contribution in [0.25, 0.3) is 0 Å². The van der Waals surface area contributed by atoms with Gasteiger partial charge in [0.2, 0.25) is 5.78 Å². The molecule has 1 aliphatic rings. The summed E-state index contributed by atoms with van der Waals surface area (Å²) in [7, 11) is 0. The van der Waals surface area contributed by atoms with Crippen molar-refractivity contribution in [2.75, 3.05) is 26.2 Å². The lowest BCUT2D eigenvalue weighted by Crippen LogP contribution is -3.12. The third-order valence-corrected chi connectivity index (χ3v) is 3.75. The first kappa shape index (κ1) is 14.5. The van der Waals surface area contributed by atoms with Gasteiger partial charge in [0.1, 0.15) is 0 Å². The first-order valence-corrected chi connectivity index (χ1v) is 7.14. The van der Waals surface area contributed by atoms with E-state index in [-0.39, 0.29) is 11.6 Å². The van der Waals surface area contributed by atoms with E-state index in [2.05, 4.69) is 19.2 Å². The molecule has 1 aliphatic carbocycles. The summed E-state index contributed by atoms with van der Waals surface area (Å²) in [6, 6.07) is 6.97. The van der Waals surface area contributed by atoms with Gasteiger partial charge >= 0.3 is 0 Å². The highest BCUT2D eigenvalue weighted by atomic mass is 16.1. The number of carbonyl (C=O) groups is 2. The third kappa shape index (κ3) is 2.96. The fourth-order valence-electron chi connectivity index (χ4n) is 2.42. The smallest absolute Gasteiger partial charge is 0.209 e. The van der Waals surface area contributed by atoms with Crippen LogP contribution in [0.5, 0.6) is 0 Å². The molecule has 2 N–H and O–H groups in total. The van der Waals surface area contributed by atoms with E-state index in [1.807, 2.05) is 0 Å². The van der Waals surface area contributed by atoms with Crippen molar-refractivity contribution in [3.63, 3.8) is 0 Å². The van der Waals surface area contributed by atoms with E-state index in [1.54, 1.807) is 24.3 Å². The molecule has 106 valence electrons. The van der Waals surface area contributed by atoms with Crippen molar-refractivity contribution in [1.82, 2.24) is 5.32 Å². The van der Waals surface area contributed by atoms with Crippen LogP contribution in [-0.2, 0) is 0 Å². The molecule has 0 heterocycles. The molecule has 0 unspecified atom stereocenters. The Hall–Kier alpha value is -1.94. The van der Waals surface area contributed by atoms with Crippen LogP contribution in [0.2, 0.25) is 0 Å². The lowest BCUT2D eigenvalue weighted by molar-refractivity contribution is -0.895. The number of likely N-dealkylation sites (N-methyl/N-ethyl adjacent to an activating group) is 1. The largest absolute Gasteiger partial charge is 0.376 e. The number of ketones is 2. The fourth-order valence-corrected chi connectivity index (χ4v) is 2.42. The zero-order chi connectivity index (χ0) is 14.5. The molecule has 1 aromatic carbocycles. The Kier molecular flexibility index (Phi) is 4.69. The van der Waals surface area contributed by atoms with Crippen molar-refractivity contribution >= 4 is 11.6 Å². The quantitative estimate of drug-likeness (QED) is 0.792. The molecule has 0 saturated heterocycles. The molecule has 4 nitrogen and oxygen atoms in total. The second-order valence-electron chi connectivity index (χ2n) is 4.93. The Morgan fingerprint density at radius 3 is 2.35 bits per heavy atom. The SMILES string of the molecule is CC[NH+](CC)CCNC1=CC(=O)c2ccccc2C1=O. The van der Waals surface area contributed by atoms with E-state index in [0.29, 0.717) is 23.4 Å². The summed E-state index contributed by atoms with van der Waals surface area (Å²) in [6.45, 7) is 8.05. The van der Waals surface area contributed by atoms with Crippen LogP contribution in [0.3, 0.4) is 0 Å². The third-order valence-electron chi connectivity index (χ3n) is 3.75. The summed E-state index contributed by atoms with van der Waals surface area (Å²) in [5.41, 5.74) is 1.41. The Balaban J connectivity index is 2.04. The van der Waals surface area contributed by atoms with Crippen LogP contribution in [0, 0.1) is 0 Å². The number of fused-ring (bicyclic) bond motifs is 1. The number of nitrogens with one attached hydrogen (secondary N) is 2. The predicted octanol–water partition coefficient (Wildman–Crippen LogP) is 0.464. The topological polar surface area (TPSA) is 50.6 Å². The average Bonchev–Trinajstić information content (AvgIpc) is 2.48. The molecular weight excluding hydrogens is 252 g/mol. The van der Waals surface area contributed by atoms with Gasteiger partial charge in [-0.05, 0) is 13.8 Å². The standard InChI is InChI=1S/C16H20N2O2/c1-3-18(4-2)10-9-17-14-11-15(19)12-7-5-6-8-13(12)16(14)20/h5-8,11,17H,3-4,9-10H2,1-2H3/p+1. The maximum Gasteiger partial charge on any atom is 0.209 e. The average molecular weight is 273 g/mol. The Morgan fingerprint density at radius 1 is 1.05 bits per heavy atom. The van der Waals surface area contributed by atoms with Crippen molar-refractivity contribution in [3.05, 3.63) is 47.2 Å². The van der Waals surface area contributed by atoms with E-state index in [0.717, 1.165) is 19.6 Å². The van der Waals surface area contributed by atoms with Gasteiger partial charge < -0.3 is 10.2 Å². The van der Waals surface area contributed by atoms with Gasteiger partial charge in [0.25, 0.3) is 0 Å². The van der Waals surface area contributed by atoms with Gasteiger partial charge in [-0.15, -0.1) is 0 Å². The van der Waals surface area contributed by atoms with Crippen molar-refractivity contribution < 1.29 is 14.5 Å². The molecule has 0 spiro atoms. The van der Waals surface area contributed by atoms with Crippen LogP contribution in [0.1, 0.15) is 34.6 Å². The lowest BCUT2D eigenvalue weighted by Gasteiger charge is -2.19. The van der Waals surface area contributed by atoms with Gasteiger partial charge in [-0.25, -0.2) is 0 Å². The Morgan fingerprint density at radius 2 is 1.70 bits per heavy atom. The van der Waals surface area contributed by atoms with Crippen LogP contribution < -0.4 is 10.2 Å². The number of hydrogen-bond donors (Lipinski definition) is 2. The Bertz CT molecular complexity index is 545. The number of benzene rings is 1. The minimum absolute atomic E-state index is 0.0882. The molecule has 0 aromatic heterocycles. The minimum Gasteiger partial charge on any atom is -0.376 e. The summed E-state index contributed by atoms with van der Waals surface area (Å²) in [5.74, 6) is -0.187. The number of Topliss-reactive ketones (excluding diaryl/α,β-unsaturated/α-hetero) is 1. The van der Waals surface area contributed by atoms with Crippen molar-refractivity contribution in [1.29, 1.82) is 0 Å². The lowest BCUT2D eigenvalue weighted by atomic mass is 9.93. The van der Waals surface area contributed by atoms with E-state index < -0.39 is 0 Å². The molecular formula is C16H21N2O2+. The highest BCUT2D eigenvalue weighted by molar-refractivity contribution is 6.24. The molecule has 20 heavy (non-hydrogen) atoms.